The summed E-state index contributed by atoms with van der Waals surface area (Å²) < 4.78 is 30.1. The van der Waals surface area contributed by atoms with Crippen molar-refractivity contribution in [2.45, 2.75) is 37.8 Å². The maximum atomic E-state index is 15.1. The van der Waals surface area contributed by atoms with Gasteiger partial charge in [-0.05, 0) is 62.0 Å². The van der Waals surface area contributed by atoms with Gasteiger partial charge in [0, 0.05) is 11.1 Å². The average molecular weight is 461 g/mol. The Bertz CT molecular complexity index is 1300. The third-order valence-corrected chi connectivity index (χ3v) is 6.83. The Kier molecular flexibility index (Phi) is 5.47. The molecule has 2 aliphatic heterocycles. The van der Waals surface area contributed by atoms with E-state index in [1.807, 2.05) is 18.3 Å². The van der Waals surface area contributed by atoms with Crippen LogP contribution in [-0.4, -0.2) is 33.0 Å². The van der Waals surface area contributed by atoms with Crippen LogP contribution in [0.5, 0.6) is 0 Å². The minimum atomic E-state index is -0.489. The fourth-order valence-electron chi connectivity index (χ4n) is 4.95. The number of aromatic amines is 2. The first-order valence-corrected chi connectivity index (χ1v) is 11.8. The summed E-state index contributed by atoms with van der Waals surface area (Å²) in [5.41, 5.74) is 3.36. The summed E-state index contributed by atoms with van der Waals surface area (Å²) >= 11 is 0. The lowest BCUT2D eigenvalue weighted by Gasteiger charge is -2.09. The van der Waals surface area contributed by atoms with Gasteiger partial charge in [0.25, 0.3) is 0 Å². The van der Waals surface area contributed by atoms with E-state index in [9.17, 15) is 0 Å². The number of benzene rings is 2. The van der Waals surface area contributed by atoms with Crippen molar-refractivity contribution < 1.29 is 8.78 Å². The second-order valence-electron chi connectivity index (χ2n) is 9.05. The molecule has 4 aromatic rings. The molecule has 0 radical (unpaired) electrons. The van der Waals surface area contributed by atoms with E-state index < -0.39 is 11.6 Å². The van der Waals surface area contributed by atoms with E-state index in [4.69, 9.17) is 0 Å². The van der Waals surface area contributed by atoms with Crippen molar-refractivity contribution in [2.75, 3.05) is 13.1 Å². The minimum absolute atomic E-state index is 0.139. The van der Waals surface area contributed by atoms with Gasteiger partial charge < -0.3 is 20.6 Å². The zero-order valence-corrected chi connectivity index (χ0v) is 18.7. The number of H-pyrrole nitrogens is 2. The molecule has 2 fully saturated rings. The highest BCUT2D eigenvalue weighted by Crippen LogP contribution is 2.32. The van der Waals surface area contributed by atoms with Gasteiger partial charge in [0.2, 0.25) is 0 Å². The van der Waals surface area contributed by atoms with E-state index in [1.54, 1.807) is 18.3 Å². The summed E-state index contributed by atoms with van der Waals surface area (Å²) in [4.78, 5) is 15.4. The zero-order chi connectivity index (χ0) is 23.1. The lowest BCUT2D eigenvalue weighted by atomic mass is 10.00. The molecule has 2 aromatic heterocycles. The van der Waals surface area contributed by atoms with Crippen LogP contribution in [0, 0.1) is 11.6 Å². The summed E-state index contributed by atoms with van der Waals surface area (Å²) in [6.45, 7) is 1.95. The third kappa shape index (κ3) is 3.93. The lowest BCUT2D eigenvalue weighted by Crippen LogP contribution is -2.14. The van der Waals surface area contributed by atoms with E-state index in [0.717, 1.165) is 61.7 Å². The molecule has 34 heavy (non-hydrogen) atoms. The average Bonchev–Trinajstić information content (AvgIpc) is 3.66. The molecule has 0 amide bonds. The van der Waals surface area contributed by atoms with Crippen LogP contribution in [0.1, 0.15) is 49.4 Å². The van der Waals surface area contributed by atoms with Gasteiger partial charge in [-0.2, -0.15) is 0 Å². The minimum Gasteiger partial charge on any atom is -0.341 e. The van der Waals surface area contributed by atoms with Crippen LogP contribution in [0.4, 0.5) is 8.78 Å². The Hall–Kier alpha value is -3.36. The molecular formula is C26H26F2N6. The summed E-state index contributed by atoms with van der Waals surface area (Å²) in [5, 5.41) is 6.79. The van der Waals surface area contributed by atoms with Crippen LogP contribution in [0.15, 0.2) is 48.8 Å². The van der Waals surface area contributed by atoms with Crippen molar-refractivity contribution in [3.05, 3.63) is 72.1 Å². The van der Waals surface area contributed by atoms with Gasteiger partial charge in [0.05, 0.1) is 35.9 Å². The van der Waals surface area contributed by atoms with E-state index in [2.05, 4.69) is 30.6 Å². The van der Waals surface area contributed by atoms with Crippen LogP contribution in [0.3, 0.4) is 0 Å². The number of hydrogen-bond donors (Lipinski definition) is 4. The maximum Gasteiger partial charge on any atom is 0.133 e. The van der Waals surface area contributed by atoms with Crippen LogP contribution in [0.25, 0.3) is 33.6 Å². The Morgan fingerprint density at radius 1 is 0.676 bits per heavy atom. The summed E-state index contributed by atoms with van der Waals surface area (Å²) in [5.74, 6) is 0.733. The van der Waals surface area contributed by atoms with Crippen molar-refractivity contribution in [2.24, 2.45) is 0 Å². The number of aromatic nitrogens is 4. The molecule has 6 rings (SSSR count). The SMILES string of the molecule is Fc1cc(-c2cnc(C3CCCN3)[nH]2)c(F)cc1-c1ccc(-c2cnc(C3CCCN3)[nH]2)cc1. The van der Waals surface area contributed by atoms with Gasteiger partial charge in [-0.1, -0.05) is 24.3 Å². The molecule has 2 aromatic carbocycles. The van der Waals surface area contributed by atoms with Gasteiger partial charge in [-0.3, -0.25) is 0 Å². The number of nitrogens with zero attached hydrogens (tertiary/aromatic N) is 2. The van der Waals surface area contributed by atoms with Crippen molar-refractivity contribution in [1.82, 2.24) is 30.6 Å². The Morgan fingerprint density at radius 3 is 1.82 bits per heavy atom. The molecule has 4 heterocycles. The number of hydrogen-bond acceptors (Lipinski definition) is 4. The molecule has 2 saturated heterocycles. The smallest absolute Gasteiger partial charge is 0.133 e. The zero-order valence-electron chi connectivity index (χ0n) is 18.7. The monoisotopic (exact) mass is 460 g/mol. The van der Waals surface area contributed by atoms with E-state index in [1.165, 1.54) is 12.1 Å². The molecule has 0 bridgehead atoms. The van der Waals surface area contributed by atoms with E-state index in [-0.39, 0.29) is 23.2 Å². The summed E-state index contributed by atoms with van der Waals surface area (Å²) in [7, 11) is 0. The van der Waals surface area contributed by atoms with Crippen molar-refractivity contribution in [3.8, 4) is 33.6 Å². The second-order valence-corrected chi connectivity index (χ2v) is 9.05. The van der Waals surface area contributed by atoms with E-state index >= 15 is 8.78 Å². The van der Waals surface area contributed by atoms with Gasteiger partial charge in [0.1, 0.15) is 23.3 Å². The Labute approximate surface area is 196 Å². The van der Waals surface area contributed by atoms with Crippen LogP contribution in [-0.2, 0) is 0 Å². The standard InChI is InChI=1S/C26H26F2N6/c27-19-12-18(24-14-32-26(34-24)22-4-2-10-30-22)20(28)11-17(19)15-5-7-16(8-6-15)23-13-31-25(33-23)21-3-1-9-29-21/h5-8,11-14,21-22,29-30H,1-4,9-10H2,(H,31,33)(H,32,34). The molecule has 6 nitrogen and oxygen atoms in total. The van der Waals surface area contributed by atoms with Gasteiger partial charge >= 0.3 is 0 Å². The van der Waals surface area contributed by atoms with Crippen molar-refractivity contribution in [3.63, 3.8) is 0 Å². The maximum absolute atomic E-state index is 15.1. The van der Waals surface area contributed by atoms with Gasteiger partial charge in [-0.25, -0.2) is 18.7 Å². The van der Waals surface area contributed by atoms with Crippen LogP contribution in [0.2, 0.25) is 0 Å². The largest absolute Gasteiger partial charge is 0.341 e. The second kappa shape index (κ2) is 8.77. The summed E-state index contributed by atoms with van der Waals surface area (Å²) in [6, 6.07) is 10.3. The first kappa shape index (κ1) is 21.2. The van der Waals surface area contributed by atoms with Crippen molar-refractivity contribution >= 4 is 0 Å². The summed E-state index contributed by atoms with van der Waals surface area (Å²) in [6.07, 6.45) is 7.67. The predicted molar refractivity (Wildman–Crippen MR) is 127 cm³/mol. The molecule has 0 spiro atoms. The topological polar surface area (TPSA) is 81.4 Å². The number of rotatable bonds is 5. The van der Waals surface area contributed by atoms with E-state index in [0.29, 0.717) is 11.3 Å². The molecular weight excluding hydrogens is 434 g/mol. The molecule has 2 aliphatic rings. The lowest BCUT2D eigenvalue weighted by molar-refractivity contribution is 0.604. The fourth-order valence-corrected chi connectivity index (χ4v) is 4.95. The molecule has 4 N–H and O–H groups in total. The number of nitrogens with one attached hydrogen (secondary N) is 4. The Morgan fingerprint density at radius 2 is 1.21 bits per heavy atom. The molecule has 174 valence electrons. The Balaban J connectivity index is 1.24. The first-order chi connectivity index (χ1) is 16.7. The first-order valence-electron chi connectivity index (χ1n) is 11.8. The van der Waals surface area contributed by atoms with Crippen LogP contribution >= 0.6 is 0 Å². The highest BCUT2D eigenvalue weighted by Gasteiger charge is 2.22. The fraction of sp³-hybridized carbons (Fsp3) is 0.308. The number of halogens is 2. The van der Waals surface area contributed by atoms with Crippen molar-refractivity contribution in [1.29, 1.82) is 0 Å². The third-order valence-electron chi connectivity index (χ3n) is 6.83. The quantitative estimate of drug-likeness (QED) is 0.327. The molecule has 2 atom stereocenters. The molecule has 2 unspecified atom stereocenters. The molecule has 8 heteroatoms. The van der Waals surface area contributed by atoms with Crippen LogP contribution < -0.4 is 10.6 Å². The highest BCUT2D eigenvalue weighted by molar-refractivity contribution is 5.72. The molecule has 0 saturated carbocycles. The van der Waals surface area contributed by atoms with Gasteiger partial charge in [-0.15, -0.1) is 0 Å². The number of imidazole rings is 2. The predicted octanol–water partition coefficient (Wildman–Crippen LogP) is 5.26. The van der Waals surface area contributed by atoms with Gasteiger partial charge in [0.15, 0.2) is 0 Å². The molecule has 0 aliphatic carbocycles. The normalized spacial score (nSPS) is 20.3. The highest BCUT2D eigenvalue weighted by atomic mass is 19.1.